The summed E-state index contributed by atoms with van der Waals surface area (Å²) < 4.78 is 5.53. The lowest BCUT2D eigenvalue weighted by Gasteiger charge is -2.44. The quantitative estimate of drug-likeness (QED) is 0.792. The van der Waals surface area contributed by atoms with Crippen LogP contribution in [0, 0.1) is 11.8 Å². The minimum absolute atomic E-state index is 0.764. The molecule has 0 aromatic rings. The van der Waals surface area contributed by atoms with Gasteiger partial charge in [0.15, 0.2) is 0 Å². The van der Waals surface area contributed by atoms with E-state index in [2.05, 4.69) is 24.1 Å². The van der Waals surface area contributed by atoms with E-state index in [1.54, 1.807) is 0 Å². The van der Waals surface area contributed by atoms with E-state index in [-0.39, 0.29) is 0 Å². The van der Waals surface area contributed by atoms with Gasteiger partial charge in [0, 0.05) is 25.7 Å². The maximum atomic E-state index is 5.53. The molecule has 100 valence electrons. The van der Waals surface area contributed by atoms with Gasteiger partial charge < -0.3 is 10.1 Å². The van der Waals surface area contributed by atoms with Gasteiger partial charge in [-0.05, 0) is 44.2 Å². The molecule has 1 aliphatic heterocycles. The first-order valence-electron chi connectivity index (χ1n) is 7.30. The highest BCUT2D eigenvalue weighted by Gasteiger charge is 2.35. The van der Waals surface area contributed by atoms with Gasteiger partial charge in [-0.1, -0.05) is 13.8 Å². The number of nitrogens with zero attached hydrogens (tertiary/aromatic N) is 1. The molecule has 2 atom stereocenters. The molecule has 0 aromatic heterocycles. The third-order valence-corrected chi connectivity index (χ3v) is 4.06. The van der Waals surface area contributed by atoms with Gasteiger partial charge in [-0.15, -0.1) is 0 Å². The number of rotatable bonds is 5. The van der Waals surface area contributed by atoms with Crippen molar-refractivity contribution in [3.63, 3.8) is 0 Å². The fourth-order valence-electron chi connectivity index (χ4n) is 2.92. The summed E-state index contributed by atoms with van der Waals surface area (Å²) in [6, 6.07) is 0.830. The Balaban J connectivity index is 1.69. The lowest BCUT2D eigenvalue weighted by Crippen LogP contribution is -2.51. The molecule has 1 saturated carbocycles. The molecule has 1 heterocycles. The molecule has 3 heteroatoms. The average molecular weight is 240 g/mol. The zero-order chi connectivity index (χ0) is 12.1. The maximum Gasteiger partial charge on any atom is 0.0593 e. The zero-order valence-electron chi connectivity index (χ0n) is 11.5. The molecule has 2 fully saturated rings. The Morgan fingerprint density at radius 1 is 1.24 bits per heavy atom. The second-order valence-corrected chi connectivity index (χ2v) is 5.96. The highest BCUT2D eigenvalue weighted by Crippen LogP contribution is 2.32. The standard InChI is InChI=1S/C14H28N2O/c1-12(2)10-15-11-13-4-5-14(13)16-6-3-8-17-9-7-16/h12-15H,3-11H2,1-2H3. The van der Waals surface area contributed by atoms with E-state index >= 15 is 0 Å². The molecular weight excluding hydrogens is 212 g/mol. The van der Waals surface area contributed by atoms with Crippen molar-refractivity contribution in [3.8, 4) is 0 Å². The minimum atomic E-state index is 0.764. The summed E-state index contributed by atoms with van der Waals surface area (Å²) >= 11 is 0. The van der Waals surface area contributed by atoms with Gasteiger partial charge >= 0.3 is 0 Å². The van der Waals surface area contributed by atoms with Crippen molar-refractivity contribution in [2.75, 3.05) is 39.4 Å². The van der Waals surface area contributed by atoms with Crippen LogP contribution in [0.25, 0.3) is 0 Å². The van der Waals surface area contributed by atoms with Gasteiger partial charge in [0.05, 0.1) is 6.61 Å². The normalized spacial score (nSPS) is 31.2. The molecular formula is C14H28N2O. The largest absolute Gasteiger partial charge is 0.380 e. The Kier molecular flexibility index (Phi) is 5.26. The Morgan fingerprint density at radius 2 is 2.12 bits per heavy atom. The molecule has 2 aliphatic rings. The van der Waals surface area contributed by atoms with E-state index in [0.29, 0.717) is 0 Å². The highest BCUT2D eigenvalue weighted by atomic mass is 16.5. The van der Waals surface area contributed by atoms with Gasteiger partial charge in [0.25, 0.3) is 0 Å². The van der Waals surface area contributed by atoms with Crippen LogP contribution in [-0.2, 0) is 4.74 Å². The maximum absolute atomic E-state index is 5.53. The van der Waals surface area contributed by atoms with Crippen molar-refractivity contribution in [1.82, 2.24) is 10.2 Å². The Hall–Kier alpha value is -0.120. The fourth-order valence-corrected chi connectivity index (χ4v) is 2.92. The van der Waals surface area contributed by atoms with Crippen LogP contribution in [-0.4, -0.2) is 50.3 Å². The molecule has 2 rings (SSSR count). The van der Waals surface area contributed by atoms with E-state index in [1.165, 1.54) is 32.4 Å². The SMILES string of the molecule is CC(C)CNCC1CCC1N1CCCOCC1. The first-order valence-corrected chi connectivity index (χ1v) is 7.30. The predicted molar refractivity (Wildman–Crippen MR) is 71.2 cm³/mol. The zero-order valence-corrected chi connectivity index (χ0v) is 11.5. The molecule has 1 saturated heterocycles. The molecule has 0 amide bonds. The number of ether oxygens (including phenoxy) is 1. The van der Waals surface area contributed by atoms with Crippen molar-refractivity contribution in [2.24, 2.45) is 11.8 Å². The summed E-state index contributed by atoms with van der Waals surface area (Å²) in [6.45, 7) is 11.2. The van der Waals surface area contributed by atoms with Crippen LogP contribution >= 0.6 is 0 Å². The summed E-state index contributed by atoms with van der Waals surface area (Å²) in [4.78, 5) is 2.66. The molecule has 0 bridgehead atoms. The van der Waals surface area contributed by atoms with Crippen LogP contribution in [0.4, 0.5) is 0 Å². The van der Waals surface area contributed by atoms with Crippen molar-refractivity contribution in [2.45, 2.75) is 39.2 Å². The monoisotopic (exact) mass is 240 g/mol. The lowest BCUT2D eigenvalue weighted by atomic mass is 9.78. The molecule has 1 aliphatic carbocycles. The number of hydrogen-bond donors (Lipinski definition) is 1. The van der Waals surface area contributed by atoms with Gasteiger partial charge in [0.1, 0.15) is 0 Å². The lowest BCUT2D eigenvalue weighted by molar-refractivity contribution is 0.0566. The Bertz CT molecular complexity index is 212. The van der Waals surface area contributed by atoms with Crippen LogP contribution in [0.3, 0.4) is 0 Å². The molecule has 1 N–H and O–H groups in total. The molecule has 2 unspecified atom stereocenters. The molecule has 0 spiro atoms. The number of hydrogen-bond acceptors (Lipinski definition) is 3. The average Bonchev–Trinajstić information content (AvgIpc) is 2.51. The third kappa shape index (κ3) is 3.94. The van der Waals surface area contributed by atoms with Crippen LogP contribution in [0.5, 0.6) is 0 Å². The van der Waals surface area contributed by atoms with Crippen molar-refractivity contribution >= 4 is 0 Å². The van der Waals surface area contributed by atoms with Crippen molar-refractivity contribution < 1.29 is 4.74 Å². The molecule has 0 radical (unpaired) electrons. The van der Waals surface area contributed by atoms with Crippen LogP contribution < -0.4 is 5.32 Å². The van der Waals surface area contributed by atoms with E-state index in [1.807, 2.05) is 0 Å². The summed E-state index contributed by atoms with van der Waals surface area (Å²) in [5.74, 6) is 1.65. The summed E-state index contributed by atoms with van der Waals surface area (Å²) in [5.41, 5.74) is 0. The van der Waals surface area contributed by atoms with Gasteiger partial charge in [-0.2, -0.15) is 0 Å². The molecule has 3 nitrogen and oxygen atoms in total. The minimum Gasteiger partial charge on any atom is -0.380 e. The van der Waals surface area contributed by atoms with Crippen LogP contribution in [0.15, 0.2) is 0 Å². The third-order valence-electron chi connectivity index (χ3n) is 4.06. The molecule has 0 aromatic carbocycles. The first-order chi connectivity index (χ1) is 8.27. The fraction of sp³-hybridized carbons (Fsp3) is 1.00. The summed E-state index contributed by atoms with van der Waals surface area (Å²) in [6.07, 6.45) is 4.02. The van der Waals surface area contributed by atoms with Crippen molar-refractivity contribution in [1.29, 1.82) is 0 Å². The molecule has 17 heavy (non-hydrogen) atoms. The van der Waals surface area contributed by atoms with Gasteiger partial charge in [-0.25, -0.2) is 0 Å². The predicted octanol–water partition coefficient (Wildman–Crippen LogP) is 1.73. The smallest absolute Gasteiger partial charge is 0.0593 e. The van der Waals surface area contributed by atoms with Crippen LogP contribution in [0.2, 0.25) is 0 Å². The Morgan fingerprint density at radius 3 is 2.82 bits per heavy atom. The van der Waals surface area contributed by atoms with Gasteiger partial charge in [-0.3, -0.25) is 4.90 Å². The van der Waals surface area contributed by atoms with E-state index < -0.39 is 0 Å². The van der Waals surface area contributed by atoms with Crippen LogP contribution in [0.1, 0.15) is 33.1 Å². The Labute approximate surface area is 106 Å². The van der Waals surface area contributed by atoms with E-state index in [4.69, 9.17) is 4.74 Å². The summed E-state index contributed by atoms with van der Waals surface area (Å²) in [7, 11) is 0. The van der Waals surface area contributed by atoms with E-state index in [0.717, 1.165) is 44.2 Å². The topological polar surface area (TPSA) is 24.5 Å². The first kappa shape index (κ1) is 13.3. The highest BCUT2D eigenvalue weighted by molar-refractivity contribution is 4.90. The number of nitrogens with one attached hydrogen (secondary N) is 1. The second-order valence-electron chi connectivity index (χ2n) is 5.96. The van der Waals surface area contributed by atoms with E-state index in [9.17, 15) is 0 Å². The van der Waals surface area contributed by atoms with Crippen molar-refractivity contribution in [3.05, 3.63) is 0 Å². The summed E-state index contributed by atoms with van der Waals surface area (Å²) in [5, 5.41) is 3.61. The van der Waals surface area contributed by atoms with Gasteiger partial charge in [0.2, 0.25) is 0 Å². The second kappa shape index (κ2) is 6.72.